The van der Waals surface area contributed by atoms with E-state index in [1.807, 2.05) is 27.7 Å². The van der Waals surface area contributed by atoms with Crippen LogP contribution >= 0.6 is 0 Å². The predicted octanol–water partition coefficient (Wildman–Crippen LogP) is 1.07. The van der Waals surface area contributed by atoms with Crippen molar-refractivity contribution in [2.24, 2.45) is 11.7 Å². The van der Waals surface area contributed by atoms with Gasteiger partial charge in [-0.25, -0.2) is 0 Å². The van der Waals surface area contributed by atoms with Gasteiger partial charge in [0.2, 0.25) is 5.91 Å². The topological polar surface area (TPSA) is 83.6 Å². The van der Waals surface area contributed by atoms with Crippen LogP contribution < -0.4 is 5.73 Å². The third-order valence-electron chi connectivity index (χ3n) is 3.25. The van der Waals surface area contributed by atoms with Crippen molar-refractivity contribution in [1.82, 2.24) is 4.90 Å². The van der Waals surface area contributed by atoms with Gasteiger partial charge in [-0.1, -0.05) is 27.2 Å². The molecule has 0 rings (SSSR count). The summed E-state index contributed by atoms with van der Waals surface area (Å²) in [6.07, 6.45) is 1.51. The molecule has 0 saturated carbocycles. The summed E-state index contributed by atoms with van der Waals surface area (Å²) < 4.78 is 0. The van der Waals surface area contributed by atoms with Crippen LogP contribution in [0.25, 0.3) is 0 Å². The Hall–Kier alpha value is -1.10. The average Bonchev–Trinajstić information content (AvgIpc) is 2.31. The number of hydrogen-bond acceptors (Lipinski definition) is 3. The first-order valence-electron chi connectivity index (χ1n) is 6.12. The molecule has 100 valence electrons. The van der Waals surface area contributed by atoms with E-state index in [2.05, 4.69) is 0 Å². The van der Waals surface area contributed by atoms with Crippen molar-refractivity contribution >= 4 is 11.9 Å². The molecule has 0 aliphatic rings. The third kappa shape index (κ3) is 4.73. The Morgan fingerprint density at radius 3 is 2.12 bits per heavy atom. The second-order valence-electron chi connectivity index (χ2n) is 4.53. The molecule has 0 aliphatic carbocycles. The minimum atomic E-state index is -1.00. The summed E-state index contributed by atoms with van der Waals surface area (Å²) in [5.41, 5.74) is 5.86. The molecule has 5 nitrogen and oxygen atoms in total. The lowest BCUT2D eigenvalue weighted by molar-refractivity contribution is -0.147. The molecular weight excluding hydrogens is 220 g/mol. The summed E-state index contributed by atoms with van der Waals surface area (Å²) in [4.78, 5) is 24.2. The first-order valence-corrected chi connectivity index (χ1v) is 6.12. The number of aliphatic carboxylic acids is 1. The highest BCUT2D eigenvalue weighted by Crippen LogP contribution is 2.12. The Morgan fingerprint density at radius 1 is 1.24 bits per heavy atom. The van der Waals surface area contributed by atoms with E-state index in [4.69, 9.17) is 10.8 Å². The molecule has 5 heteroatoms. The highest BCUT2D eigenvalue weighted by Gasteiger charge is 2.28. The van der Waals surface area contributed by atoms with E-state index < -0.39 is 12.0 Å². The second kappa shape index (κ2) is 7.27. The Bertz CT molecular complexity index is 268. The van der Waals surface area contributed by atoms with Crippen molar-refractivity contribution < 1.29 is 14.7 Å². The van der Waals surface area contributed by atoms with Gasteiger partial charge >= 0.3 is 5.97 Å². The van der Waals surface area contributed by atoms with Crippen LogP contribution in [0.3, 0.4) is 0 Å². The fourth-order valence-electron chi connectivity index (χ4n) is 1.51. The lowest BCUT2D eigenvalue weighted by Gasteiger charge is -2.31. The van der Waals surface area contributed by atoms with Gasteiger partial charge < -0.3 is 15.7 Å². The molecule has 0 bridgehead atoms. The summed E-state index contributed by atoms with van der Waals surface area (Å²) in [7, 11) is 0. The molecule has 0 heterocycles. The Labute approximate surface area is 103 Å². The first-order chi connectivity index (χ1) is 7.84. The minimum Gasteiger partial charge on any atom is -0.480 e. The van der Waals surface area contributed by atoms with Gasteiger partial charge in [-0.3, -0.25) is 9.59 Å². The van der Waals surface area contributed by atoms with Crippen molar-refractivity contribution in [2.45, 2.75) is 52.6 Å². The third-order valence-corrected chi connectivity index (χ3v) is 3.25. The van der Waals surface area contributed by atoms with Gasteiger partial charge in [0.1, 0.15) is 6.54 Å². The molecule has 0 aromatic heterocycles. The predicted molar refractivity (Wildman–Crippen MR) is 66.5 cm³/mol. The fraction of sp³-hybridized carbons (Fsp3) is 0.833. The molecule has 0 radical (unpaired) electrons. The zero-order chi connectivity index (χ0) is 13.6. The summed E-state index contributed by atoms with van der Waals surface area (Å²) in [6, 6.07) is -0.720. The van der Waals surface area contributed by atoms with Crippen molar-refractivity contribution in [3.63, 3.8) is 0 Å². The average molecular weight is 244 g/mol. The van der Waals surface area contributed by atoms with Crippen LogP contribution in [0.5, 0.6) is 0 Å². The van der Waals surface area contributed by atoms with E-state index in [1.165, 1.54) is 4.90 Å². The van der Waals surface area contributed by atoms with Crippen LogP contribution in [0, 0.1) is 5.92 Å². The molecule has 0 aromatic carbocycles. The van der Waals surface area contributed by atoms with Gasteiger partial charge in [-0.2, -0.15) is 0 Å². The molecule has 0 fully saturated rings. The number of carboxylic acids is 1. The number of amides is 1. The molecule has 3 unspecified atom stereocenters. The van der Waals surface area contributed by atoms with Gasteiger partial charge in [-0.15, -0.1) is 0 Å². The van der Waals surface area contributed by atoms with Gasteiger partial charge in [0.05, 0.1) is 6.04 Å². The summed E-state index contributed by atoms with van der Waals surface area (Å²) >= 11 is 0. The molecule has 0 spiro atoms. The maximum Gasteiger partial charge on any atom is 0.323 e. The number of carboxylic acid groups (broad SMARTS) is 1. The van der Waals surface area contributed by atoms with Crippen molar-refractivity contribution in [3.8, 4) is 0 Å². The number of carbonyl (C=O) groups is 2. The number of hydrogen-bond donors (Lipinski definition) is 2. The van der Waals surface area contributed by atoms with Crippen molar-refractivity contribution in [1.29, 1.82) is 0 Å². The standard InChI is InChI=1S/C12H24N2O3/c1-5-8(3)11(13)12(17)14(7-10(15)16)9(4)6-2/h8-9,11H,5-7,13H2,1-4H3,(H,15,16). The Balaban J connectivity index is 4.79. The monoisotopic (exact) mass is 244 g/mol. The molecular formula is C12H24N2O3. The maximum atomic E-state index is 12.1. The first kappa shape index (κ1) is 15.9. The largest absolute Gasteiger partial charge is 0.480 e. The van der Waals surface area contributed by atoms with Crippen molar-refractivity contribution in [2.75, 3.05) is 6.54 Å². The van der Waals surface area contributed by atoms with Crippen LogP contribution in [-0.4, -0.2) is 40.5 Å². The molecule has 0 aliphatic heterocycles. The minimum absolute atomic E-state index is 0.0582. The SMILES string of the molecule is CCC(C)C(N)C(=O)N(CC(=O)O)C(C)CC. The molecule has 3 N–H and O–H groups in total. The van der Waals surface area contributed by atoms with E-state index in [9.17, 15) is 9.59 Å². The number of carbonyl (C=O) groups excluding carboxylic acids is 1. The molecule has 17 heavy (non-hydrogen) atoms. The Kier molecular flexibility index (Phi) is 6.80. The van der Waals surface area contributed by atoms with Gasteiger partial charge in [0.15, 0.2) is 0 Å². The van der Waals surface area contributed by atoms with Crippen LogP contribution in [0.2, 0.25) is 0 Å². The van der Waals surface area contributed by atoms with Crippen molar-refractivity contribution in [3.05, 3.63) is 0 Å². The maximum absolute atomic E-state index is 12.1. The van der Waals surface area contributed by atoms with Crippen LogP contribution in [-0.2, 0) is 9.59 Å². The lowest BCUT2D eigenvalue weighted by Crippen LogP contribution is -2.51. The van der Waals surface area contributed by atoms with Crippen LogP contribution in [0.4, 0.5) is 0 Å². The zero-order valence-corrected chi connectivity index (χ0v) is 11.1. The summed E-state index contributed by atoms with van der Waals surface area (Å²) in [5, 5.41) is 8.82. The van der Waals surface area contributed by atoms with E-state index in [-0.39, 0.29) is 24.4 Å². The molecule has 0 aromatic rings. The highest BCUT2D eigenvalue weighted by atomic mass is 16.4. The number of nitrogens with two attached hydrogens (primary N) is 1. The second-order valence-corrected chi connectivity index (χ2v) is 4.53. The van der Waals surface area contributed by atoms with Gasteiger partial charge in [0.25, 0.3) is 0 Å². The Morgan fingerprint density at radius 2 is 1.76 bits per heavy atom. The smallest absolute Gasteiger partial charge is 0.323 e. The fourth-order valence-corrected chi connectivity index (χ4v) is 1.51. The van der Waals surface area contributed by atoms with E-state index >= 15 is 0 Å². The van der Waals surface area contributed by atoms with Gasteiger partial charge in [0, 0.05) is 6.04 Å². The number of rotatable bonds is 7. The van der Waals surface area contributed by atoms with E-state index in [0.717, 1.165) is 6.42 Å². The number of nitrogens with zero attached hydrogens (tertiary/aromatic N) is 1. The molecule has 1 amide bonds. The quantitative estimate of drug-likeness (QED) is 0.701. The summed E-state index contributed by atoms with van der Waals surface area (Å²) in [5.74, 6) is -1.21. The highest BCUT2D eigenvalue weighted by molar-refractivity contribution is 5.85. The van der Waals surface area contributed by atoms with E-state index in [1.54, 1.807) is 0 Å². The van der Waals surface area contributed by atoms with Crippen LogP contribution in [0.1, 0.15) is 40.5 Å². The lowest BCUT2D eigenvalue weighted by atomic mass is 9.98. The normalized spacial score (nSPS) is 16.1. The molecule has 0 saturated heterocycles. The summed E-state index contributed by atoms with van der Waals surface area (Å²) in [6.45, 7) is 7.34. The zero-order valence-electron chi connectivity index (χ0n) is 11.1. The molecule has 3 atom stereocenters. The van der Waals surface area contributed by atoms with E-state index in [0.29, 0.717) is 6.42 Å². The van der Waals surface area contributed by atoms with Gasteiger partial charge in [-0.05, 0) is 19.3 Å². The van der Waals surface area contributed by atoms with Crippen LogP contribution in [0.15, 0.2) is 0 Å².